The van der Waals surface area contributed by atoms with Crippen LogP contribution in [-0.2, 0) is 0 Å². The Labute approximate surface area is 303 Å². The van der Waals surface area contributed by atoms with E-state index in [1.54, 1.807) is 0 Å². The number of rotatable bonds is 4. The first-order valence-electron chi connectivity index (χ1n) is 17.3. The predicted octanol–water partition coefficient (Wildman–Crippen LogP) is 13.4. The van der Waals surface area contributed by atoms with Crippen molar-refractivity contribution in [3.05, 3.63) is 181 Å². The molecule has 2 nitrogen and oxygen atoms in total. The van der Waals surface area contributed by atoms with Gasteiger partial charge in [0.2, 0.25) is 0 Å². The minimum atomic E-state index is -0.0323. The van der Waals surface area contributed by atoms with E-state index in [9.17, 15) is 0 Å². The van der Waals surface area contributed by atoms with E-state index >= 15 is 0 Å². The summed E-state index contributed by atoms with van der Waals surface area (Å²) in [6.07, 6.45) is 1.92. The summed E-state index contributed by atoms with van der Waals surface area (Å²) in [5.74, 6) is 0.798. The molecular formula is C47H28N2S2. The molecule has 10 aromatic rings. The molecule has 7 aromatic carbocycles. The van der Waals surface area contributed by atoms with Crippen LogP contribution in [0.5, 0.6) is 0 Å². The van der Waals surface area contributed by atoms with Gasteiger partial charge in [-0.05, 0) is 68.8 Å². The molecule has 0 aliphatic heterocycles. The van der Waals surface area contributed by atoms with Crippen molar-refractivity contribution in [3.63, 3.8) is 0 Å². The molecule has 238 valence electrons. The third-order valence-electron chi connectivity index (χ3n) is 10.5. The van der Waals surface area contributed by atoms with E-state index < -0.39 is 0 Å². The quantitative estimate of drug-likeness (QED) is 0.184. The summed E-state index contributed by atoms with van der Waals surface area (Å²) in [6.45, 7) is 0. The fraction of sp³-hybridized carbons (Fsp3) is 0.0213. The second kappa shape index (κ2) is 11.3. The predicted molar refractivity (Wildman–Crippen MR) is 217 cm³/mol. The smallest absolute Gasteiger partial charge is 0.140 e. The summed E-state index contributed by atoms with van der Waals surface area (Å²) >= 11 is 3.75. The van der Waals surface area contributed by atoms with Crippen molar-refractivity contribution in [1.82, 2.24) is 9.97 Å². The minimum absolute atomic E-state index is 0.0323. The molecule has 0 saturated carbocycles. The number of thiophene rings is 2. The number of aromatic nitrogens is 2. The fourth-order valence-corrected chi connectivity index (χ4v) is 10.6. The van der Waals surface area contributed by atoms with Gasteiger partial charge in [0.05, 0.1) is 11.6 Å². The molecule has 1 aliphatic rings. The van der Waals surface area contributed by atoms with Gasteiger partial charge in [-0.1, -0.05) is 133 Å². The standard InChI is InChI=1S/C47H28N2S2/c1-2-12-36-33(9-1)40-27-30(32-14-8-16-39-35-11-4-6-18-43(35)51-46(32)39)23-24-37(40)44(36)47-48-26-25-41(49-47)29-21-19-28(20-22-29)31-13-7-15-38-34-10-3-5-17-42(34)50-45(31)38/h1-27,44H. The SMILES string of the molecule is c1ccc2c(c1)-c1cc(-c3cccc4c3sc3ccccc34)ccc1C2c1nccc(-c2ccc(-c3cccc4c3sc3ccccc34)cc2)n1. The maximum absolute atomic E-state index is 5.24. The molecule has 1 aliphatic carbocycles. The molecule has 0 saturated heterocycles. The van der Waals surface area contributed by atoms with Crippen LogP contribution in [0.2, 0.25) is 0 Å². The van der Waals surface area contributed by atoms with Gasteiger partial charge in [0.15, 0.2) is 0 Å². The van der Waals surface area contributed by atoms with Gasteiger partial charge in [-0.2, -0.15) is 0 Å². The van der Waals surface area contributed by atoms with E-state index in [0.717, 1.165) is 17.1 Å². The molecule has 0 N–H and O–H groups in total. The molecular weight excluding hydrogens is 657 g/mol. The molecule has 0 amide bonds. The number of fused-ring (bicyclic) bond motifs is 9. The fourth-order valence-electron chi connectivity index (χ4n) is 8.09. The monoisotopic (exact) mass is 684 g/mol. The molecule has 1 unspecified atom stereocenters. The number of benzene rings is 7. The molecule has 0 spiro atoms. The van der Waals surface area contributed by atoms with E-state index in [0.29, 0.717) is 0 Å². The van der Waals surface area contributed by atoms with Crippen molar-refractivity contribution in [1.29, 1.82) is 0 Å². The van der Waals surface area contributed by atoms with Crippen molar-refractivity contribution in [2.75, 3.05) is 0 Å². The first-order valence-corrected chi connectivity index (χ1v) is 18.9. The van der Waals surface area contributed by atoms with Crippen molar-refractivity contribution >= 4 is 63.0 Å². The van der Waals surface area contributed by atoms with E-state index in [2.05, 4.69) is 152 Å². The van der Waals surface area contributed by atoms with Crippen LogP contribution >= 0.6 is 22.7 Å². The summed E-state index contributed by atoms with van der Waals surface area (Å²) in [5, 5.41) is 5.29. The van der Waals surface area contributed by atoms with Gasteiger partial charge in [-0.25, -0.2) is 9.97 Å². The van der Waals surface area contributed by atoms with Crippen LogP contribution in [0.25, 0.3) is 85.0 Å². The van der Waals surface area contributed by atoms with Gasteiger partial charge in [0.1, 0.15) is 5.82 Å². The Morgan fingerprint density at radius 2 is 0.961 bits per heavy atom. The normalized spacial score (nSPS) is 13.7. The number of hydrogen-bond acceptors (Lipinski definition) is 4. The lowest BCUT2D eigenvalue weighted by Crippen LogP contribution is -2.05. The second-order valence-electron chi connectivity index (χ2n) is 13.3. The Morgan fingerprint density at radius 3 is 1.69 bits per heavy atom. The zero-order valence-electron chi connectivity index (χ0n) is 27.4. The Bertz CT molecular complexity index is 2990. The number of nitrogens with zero attached hydrogens (tertiary/aromatic N) is 2. The summed E-state index contributed by atoms with van der Waals surface area (Å²) in [7, 11) is 0. The summed E-state index contributed by atoms with van der Waals surface area (Å²) in [6, 6.07) is 57.4. The summed E-state index contributed by atoms with van der Waals surface area (Å²) in [5.41, 5.74) is 12.1. The lowest BCUT2D eigenvalue weighted by Gasteiger charge is -2.14. The molecule has 11 rings (SSSR count). The lowest BCUT2D eigenvalue weighted by atomic mass is 9.93. The first kappa shape index (κ1) is 28.9. The van der Waals surface area contributed by atoms with Crippen LogP contribution < -0.4 is 0 Å². The van der Waals surface area contributed by atoms with Crippen molar-refractivity contribution in [3.8, 4) is 44.6 Å². The molecule has 1 atom stereocenters. The van der Waals surface area contributed by atoms with Crippen LogP contribution in [-0.4, -0.2) is 9.97 Å². The number of hydrogen-bond donors (Lipinski definition) is 0. The average Bonchev–Trinajstić information content (AvgIpc) is 3.87. The topological polar surface area (TPSA) is 25.8 Å². The van der Waals surface area contributed by atoms with Gasteiger partial charge in [0.25, 0.3) is 0 Å². The van der Waals surface area contributed by atoms with Crippen LogP contribution in [0.4, 0.5) is 0 Å². The van der Waals surface area contributed by atoms with E-state index in [1.807, 2.05) is 34.9 Å². The van der Waals surface area contributed by atoms with Crippen LogP contribution in [0.15, 0.2) is 164 Å². The van der Waals surface area contributed by atoms with Crippen LogP contribution in [0, 0.1) is 0 Å². The highest BCUT2D eigenvalue weighted by atomic mass is 32.1. The first-order chi connectivity index (χ1) is 25.3. The summed E-state index contributed by atoms with van der Waals surface area (Å²) in [4.78, 5) is 10.1. The minimum Gasteiger partial charge on any atom is -0.240 e. The largest absolute Gasteiger partial charge is 0.240 e. The summed E-state index contributed by atoms with van der Waals surface area (Å²) < 4.78 is 5.32. The molecule has 0 radical (unpaired) electrons. The van der Waals surface area contributed by atoms with Crippen molar-refractivity contribution in [2.24, 2.45) is 0 Å². The van der Waals surface area contributed by atoms with Gasteiger partial charge in [-0.3, -0.25) is 0 Å². The van der Waals surface area contributed by atoms with E-state index in [1.165, 1.54) is 84.9 Å². The maximum atomic E-state index is 5.24. The van der Waals surface area contributed by atoms with Crippen molar-refractivity contribution in [2.45, 2.75) is 5.92 Å². The highest BCUT2D eigenvalue weighted by Gasteiger charge is 2.32. The van der Waals surface area contributed by atoms with Crippen LogP contribution in [0.1, 0.15) is 22.9 Å². The third-order valence-corrected chi connectivity index (χ3v) is 12.9. The van der Waals surface area contributed by atoms with Gasteiger partial charge >= 0.3 is 0 Å². The molecule has 0 fully saturated rings. The van der Waals surface area contributed by atoms with Crippen LogP contribution in [0.3, 0.4) is 0 Å². The highest BCUT2D eigenvalue weighted by Crippen LogP contribution is 2.49. The average molecular weight is 685 g/mol. The zero-order valence-corrected chi connectivity index (χ0v) is 29.0. The highest BCUT2D eigenvalue weighted by molar-refractivity contribution is 7.26. The van der Waals surface area contributed by atoms with Crippen molar-refractivity contribution < 1.29 is 0 Å². The third kappa shape index (κ3) is 4.47. The van der Waals surface area contributed by atoms with Gasteiger partial charge in [-0.15, -0.1) is 22.7 Å². The molecule has 3 aromatic heterocycles. The Balaban J connectivity index is 0.973. The van der Waals surface area contributed by atoms with E-state index in [-0.39, 0.29) is 5.92 Å². The molecule has 51 heavy (non-hydrogen) atoms. The maximum Gasteiger partial charge on any atom is 0.140 e. The van der Waals surface area contributed by atoms with E-state index in [4.69, 9.17) is 9.97 Å². The Morgan fingerprint density at radius 1 is 0.412 bits per heavy atom. The van der Waals surface area contributed by atoms with Gasteiger partial charge in [0, 0.05) is 52.1 Å². The molecule has 3 heterocycles. The Kier molecular flexibility index (Phi) is 6.39. The second-order valence-corrected chi connectivity index (χ2v) is 15.4. The zero-order chi connectivity index (χ0) is 33.5. The lowest BCUT2D eigenvalue weighted by molar-refractivity contribution is 0.876. The Hall–Kier alpha value is -5.94. The van der Waals surface area contributed by atoms with Gasteiger partial charge < -0.3 is 0 Å². The molecule has 0 bridgehead atoms. The molecule has 4 heteroatoms.